The lowest BCUT2D eigenvalue weighted by atomic mass is 10.1. The minimum Gasteiger partial charge on any atom is -0.420 e. The highest BCUT2D eigenvalue weighted by molar-refractivity contribution is 7.15. The second kappa shape index (κ2) is 8.01. The van der Waals surface area contributed by atoms with Crippen LogP contribution in [0.25, 0.3) is 22.2 Å². The summed E-state index contributed by atoms with van der Waals surface area (Å²) in [6, 6.07) is 13.0. The van der Waals surface area contributed by atoms with Crippen molar-refractivity contribution in [3.8, 4) is 11.5 Å². The van der Waals surface area contributed by atoms with Crippen molar-refractivity contribution in [1.29, 1.82) is 0 Å². The molecule has 2 aromatic carbocycles. The summed E-state index contributed by atoms with van der Waals surface area (Å²) in [5.41, 5.74) is 1.03. The van der Waals surface area contributed by atoms with E-state index in [2.05, 4.69) is 20.3 Å². The fraction of sp³-hybridized carbons (Fsp3) is 0.0952. The molecule has 5 aromatic rings. The maximum Gasteiger partial charge on any atom is 0.274 e. The lowest BCUT2D eigenvalue weighted by Gasteiger charge is -2.09. The Morgan fingerprint density at radius 2 is 1.84 bits per heavy atom. The van der Waals surface area contributed by atoms with Gasteiger partial charge in [0.15, 0.2) is 4.47 Å². The Balaban J connectivity index is 1.52. The minimum atomic E-state index is -0.344. The molecule has 3 heterocycles. The fourth-order valence-electron chi connectivity index (χ4n) is 3.22. The summed E-state index contributed by atoms with van der Waals surface area (Å²) in [6.45, 7) is 0.256. The molecule has 0 N–H and O–H groups in total. The summed E-state index contributed by atoms with van der Waals surface area (Å²) >= 11 is 7.21. The second-order valence-corrected chi connectivity index (χ2v) is 8.42. The van der Waals surface area contributed by atoms with Crippen LogP contribution in [0.5, 0.6) is 0 Å². The van der Waals surface area contributed by atoms with E-state index in [1.807, 2.05) is 12.1 Å². The van der Waals surface area contributed by atoms with Gasteiger partial charge in [0.2, 0.25) is 11.8 Å². The Bertz CT molecular complexity index is 1440. The van der Waals surface area contributed by atoms with Crippen LogP contribution >= 0.6 is 22.9 Å². The van der Waals surface area contributed by atoms with Crippen molar-refractivity contribution in [2.24, 2.45) is 0 Å². The maximum atomic E-state index is 13.2. The van der Waals surface area contributed by atoms with Crippen LogP contribution in [-0.2, 0) is 13.0 Å². The number of thiazole rings is 1. The van der Waals surface area contributed by atoms with E-state index in [0.717, 1.165) is 4.88 Å². The van der Waals surface area contributed by atoms with Crippen molar-refractivity contribution < 1.29 is 8.81 Å². The van der Waals surface area contributed by atoms with E-state index in [9.17, 15) is 9.18 Å². The number of nitrogens with zero attached hydrogens (tertiary/aromatic N) is 5. The molecule has 0 atom stereocenters. The van der Waals surface area contributed by atoms with Crippen LogP contribution in [0.2, 0.25) is 4.47 Å². The van der Waals surface area contributed by atoms with E-state index in [0.29, 0.717) is 32.4 Å². The number of hydrogen-bond donors (Lipinski definition) is 0. The van der Waals surface area contributed by atoms with Gasteiger partial charge in [0.1, 0.15) is 5.82 Å². The zero-order chi connectivity index (χ0) is 21.4. The number of hydrogen-bond acceptors (Lipinski definition) is 7. The van der Waals surface area contributed by atoms with Crippen molar-refractivity contribution in [2.75, 3.05) is 0 Å². The highest BCUT2D eigenvalue weighted by Crippen LogP contribution is 2.22. The van der Waals surface area contributed by atoms with Crippen LogP contribution in [-0.4, -0.2) is 25.0 Å². The van der Waals surface area contributed by atoms with E-state index in [1.54, 1.807) is 30.5 Å². The number of aromatic nitrogens is 5. The molecule has 0 aliphatic carbocycles. The topological polar surface area (TPSA) is 86.7 Å². The number of rotatable bonds is 5. The monoisotopic (exact) mass is 453 g/mol. The standard InChI is InChI=1S/C21H13ClFN5O2S/c22-21-24-10-14(31-21)11-28-20(29)16-4-2-1-3-15(16)17(27-28)9-18-25-26-19(30-18)12-5-7-13(23)8-6-12/h1-8,10H,9,11H2. The summed E-state index contributed by atoms with van der Waals surface area (Å²) in [7, 11) is 0. The first kappa shape index (κ1) is 19.5. The molecule has 3 aromatic heterocycles. The largest absolute Gasteiger partial charge is 0.420 e. The first-order chi connectivity index (χ1) is 15.1. The minimum absolute atomic E-state index is 0.207. The van der Waals surface area contributed by atoms with Gasteiger partial charge in [-0.15, -0.1) is 21.5 Å². The quantitative estimate of drug-likeness (QED) is 0.393. The summed E-state index contributed by atoms with van der Waals surface area (Å²) in [5.74, 6) is 0.276. The van der Waals surface area contributed by atoms with Gasteiger partial charge in [-0.1, -0.05) is 29.8 Å². The van der Waals surface area contributed by atoms with Crippen LogP contribution in [0, 0.1) is 5.82 Å². The Labute approximate surface area is 183 Å². The molecule has 0 saturated heterocycles. The molecule has 0 saturated carbocycles. The third kappa shape index (κ3) is 3.97. The van der Waals surface area contributed by atoms with E-state index in [-0.39, 0.29) is 30.2 Å². The molecule has 154 valence electrons. The van der Waals surface area contributed by atoms with Gasteiger partial charge in [0.25, 0.3) is 5.56 Å². The molecule has 0 bridgehead atoms. The van der Waals surface area contributed by atoms with Crippen LogP contribution in [0.4, 0.5) is 4.39 Å². The Morgan fingerprint density at radius 1 is 1.06 bits per heavy atom. The van der Waals surface area contributed by atoms with E-state index < -0.39 is 0 Å². The third-order valence-corrected chi connectivity index (χ3v) is 5.75. The molecule has 0 aliphatic heterocycles. The average Bonchev–Trinajstić information content (AvgIpc) is 3.41. The van der Waals surface area contributed by atoms with Gasteiger partial charge < -0.3 is 4.42 Å². The van der Waals surface area contributed by atoms with Crippen LogP contribution in [0.3, 0.4) is 0 Å². The molecular formula is C21H13ClFN5O2S. The molecule has 10 heteroatoms. The molecule has 31 heavy (non-hydrogen) atoms. The molecule has 0 aliphatic rings. The maximum absolute atomic E-state index is 13.2. The Morgan fingerprint density at radius 3 is 2.58 bits per heavy atom. The van der Waals surface area contributed by atoms with Crippen molar-refractivity contribution in [1.82, 2.24) is 25.0 Å². The van der Waals surface area contributed by atoms with Crippen molar-refractivity contribution in [2.45, 2.75) is 13.0 Å². The number of halogens is 2. The molecule has 5 rings (SSSR count). The molecular weight excluding hydrogens is 441 g/mol. The van der Waals surface area contributed by atoms with E-state index >= 15 is 0 Å². The summed E-state index contributed by atoms with van der Waals surface area (Å²) in [5, 5.41) is 14.0. The van der Waals surface area contributed by atoms with E-state index in [1.165, 1.54) is 28.2 Å². The van der Waals surface area contributed by atoms with Gasteiger partial charge in [-0.2, -0.15) is 5.10 Å². The van der Waals surface area contributed by atoms with Crippen molar-refractivity contribution >= 4 is 33.7 Å². The van der Waals surface area contributed by atoms with Gasteiger partial charge in [-0.25, -0.2) is 14.1 Å². The average molecular weight is 454 g/mol. The third-order valence-electron chi connectivity index (χ3n) is 4.65. The highest BCUT2D eigenvalue weighted by Gasteiger charge is 2.16. The van der Waals surface area contributed by atoms with Gasteiger partial charge >= 0.3 is 0 Å². The first-order valence-corrected chi connectivity index (χ1v) is 10.4. The predicted molar refractivity (Wildman–Crippen MR) is 115 cm³/mol. The van der Waals surface area contributed by atoms with Gasteiger partial charge in [0, 0.05) is 22.0 Å². The van der Waals surface area contributed by atoms with Gasteiger partial charge in [-0.05, 0) is 30.3 Å². The summed E-state index contributed by atoms with van der Waals surface area (Å²) < 4.78 is 20.7. The first-order valence-electron chi connectivity index (χ1n) is 9.24. The zero-order valence-corrected chi connectivity index (χ0v) is 17.4. The van der Waals surface area contributed by atoms with Crippen molar-refractivity contribution in [3.63, 3.8) is 0 Å². The SMILES string of the molecule is O=c1c2ccccc2c(Cc2nnc(-c3ccc(F)cc3)o2)nn1Cc1cnc(Cl)s1. The second-order valence-electron chi connectivity index (χ2n) is 6.72. The Hall–Kier alpha value is -3.43. The predicted octanol–water partition coefficient (Wildman–Crippen LogP) is 4.33. The fourth-order valence-corrected chi connectivity index (χ4v) is 4.18. The summed E-state index contributed by atoms with van der Waals surface area (Å²) in [4.78, 5) is 17.8. The molecule has 0 amide bonds. The Kier molecular flexibility index (Phi) is 5.05. The molecule has 0 spiro atoms. The van der Waals surface area contributed by atoms with Gasteiger partial charge in [-0.3, -0.25) is 4.79 Å². The summed E-state index contributed by atoms with van der Waals surface area (Å²) in [6.07, 6.45) is 1.86. The zero-order valence-electron chi connectivity index (χ0n) is 15.8. The van der Waals surface area contributed by atoms with Crippen LogP contribution in [0.1, 0.15) is 16.5 Å². The molecule has 0 unspecified atom stereocenters. The van der Waals surface area contributed by atoms with Crippen LogP contribution < -0.4 is 5.56 Å². The van der Waals surface area contributed by atoms with Crippen molar-refractivity contribution in [3.05, 3.63) is 91.8 Å². The lowest BCUT2D eigenvalue weighted by Crippen LogP contribution is -2.25. The smallest absolute Gasteiger partial charge is 0.274 e. The number of fused-ring (bicyclic) bond motifs is 1. The number of benzene rings is 2. The molecule has 0 fully saturated rings. The van der Waals surface area contributed by atoms with Crippen LogP contribution in [0.15, 0.2) is 63.9 Å². The van der Waals surface area contributed by atoms with E-state index in [4.69, 9.17) is 16.0 Å². The molecule has 7 nitrogen and oxygen atoms in total. The molecule has 0 radical (unpaired) electrons. The lowest BCUT2D eigenvalue weighted by molar-refractivity contribution is 0.512. The highest BCUT2D eigenvalue weighted by atomic mass is 35.5. The normalized spacial score (nSPS) is 11.3. The van der Waals surface area contributed by atoms with Gasteiger partial charge in [0.05, 0.1) is 24.0 Å².